The molecular formula is C5H7BrO3. The fraction of sp³-hybridized carbons (Fsp3) is 0.600. The van der Waals surface area contributed by atoms with E-state index in [-0.39, 0.29) is 11.1 Å². The summed E-state index contributed by atoms with van der Waals surface area (Å²) in [6.07, 6.45) is -0.187. The van der Waals surface area contributed by atoms with Crippen molar-refractivity contribution < 1.29 is 14.3 Å². The summed E-state index contributed by atoms with van der Waals surface area (Å²) in [7, 11) is 0. The van der Waals surface area contributed by atoms with E-state index >= 15 is 0 Å². The lowest BCUT2D eigenvalue weighted by Crippen LogP contribution is -2.06. The SMILES string of the molecule is CCOC(=O)CC(=O)Br. The van der Waals surface area contributed by atoms with Gasteiger partial charge in [0.15, 0.2) is 0 Å². The summed E-state index contributed by atoms with van der Waals surface area (Å²) in [5, 5.41) is 0. The molecule has 0 aliphatic carbocycles. The highest BCUT2D eigenvalue weighted by Crippen LogP contribution is 1.93. The summed E-state index contributed by atoms with van der Waals surface area (Å²) in [5.41, 5.74) is 0. The second kappa shape index (κ2) is 4.49. The van der Waals surface area contributed by atoms with Crippen LogP contribution in [0.3, 0.4) is 0 Å². The predicted octanol–water partition coefficient (Wildman–Crippen LogP) is 0.861. The minimum absolute atomic E-state index is 0.187. The second-order valence-electron chi connectivity index (χ2n) is 1.34. The number of carbonyl (C=O) groups is 2. The maximum absolute atomic E-state index is 10.4. The van der Waals surface area contributed by atoms with Gasteiger partial charge in [-0.3, -0.25) is 9.59 Å². The molecule has 0 aliphatic heterocycles. The van der Waals surface area contributed by atoms with Crippen molar-refractivity contribution >= 4 is 26.6 Å². The Labute approximate surface area is 61.5 Å². The maximum atomic E-state index is 10.4. The first-order valence-corrected chi connectivity index (χ1v) is 3.30. The lowest BCUT2D eigenvalue weighted by atomic mass is 10.5. The van der Waals surface area contributed by atoms with E-state index in [0.717, 1.165) is 0 Å². The molecule has 0 heterocycles. The van der Waals surface area contributed by atoms with Crippen LogP contribution >= 0.6 is 15.9 Å². The molecule has 0 aromatic rings. The van der Waals surface area contributed by atoms with Crippen LogP contribution < -0.4 is 0 Å². The lowest BCUT2D eigenvalue weighted by Gasteiger charge is -1.95. The molecule has 0 aromatic carbocycles. The van der Waals surface area contributed by atoms with Gasteiger partial charge in [-0.25, -0.2) is 0 Å². The molecule has 4 heteroatoms. The largest absolute Gasteiger partial charge is 0.466 e. The smallest absolute Gasteiger partial charge is 0.314 e. The van der Waals surface area contributed by atoms with Gasteiger partial charge in [-0.2, -0.15) is 0 Å². The summed E-state index contributed by atoms with van der Waals surface area (Å²) in [6.45, 7) is 2.01. The van der Waals surface area contributed by atoms with E-state index in [9.17, 15) is 9.59 Å². The molecule has 0 spiro atoms. The van der Waals surface area contributed by atoms with Gasteiger partial charge in [-0.15, -0.1) is 0 Å². The number of hydrogen-bond donors (Lipinski definition) is 0. The summed E-state index contributed by atoms with van der Waals surface area (Å²) in [4.78, 5) is 20.5. The Hall–Kier alpha value is -0.380. The molecule has 0 radical (unpaired) electrons. The van der Waals surface area contributed by atoms with Crippen LogP contribution in [-0.4, -0.2) is 17.3 Å². The van der Waals surface area contributed by atoms with E-state index in [0.29, 0.717) is 6.61 Å². The van der Waals surface area contributed by atoms with E-state index < -0.39 is 5.97 Å². The average molecular weight is 195 g/mol. The summed E-state index contributed by atoms with van der Waals surface area (Å²) in [5.74, 6) is -0.487. The van der Waals surface area contributed by atoms with E-state index in [1.807, 2.05) is 0 Å². The molecule has 9 heavy (non-hydrogen) atoms. The molecule has 3 nitrogen and oxygen atoms in total. The number of rotatable bonds is 3. The Morgan fingerprint density at radius 3 is 2.44 bits per heavy atom. The molecule has 0 saturated carbocycles. The van der Waals surface area contributed by atoms with Crippen LogP contribution in [0.1, 0.15) is 13.3 Å². The Morgan fingerprint density at radius 1 is 1.56 bits per heavy atom. The van der Waals surface area contributed by atoms with Crippen LogP contribution in [-0.2, 0) is 14.3 Å². The van der Waals surface area contributed by atoms with Crippen molar-refractivity contribution in [3.63, 3.8) is 0 Å². The molecule has 0 rings (SSSR count). The van der Waals surface area contributed by atoms with Gasteiger partial charge < -0.3 is 4.74 Å². The van der Waals surface area contributed by atoms with Gasteiger partial charge >= 0.3 is 5.97 Å². The predicted molar refractivity (Wildman–Crippen MR) is 35.2 cm³/mol. The first kappa shape index (κ1) is 8.62. The summed E-state index contributed by atoms with van der Waals surface area (Å²) in [6, 6.07) is 0. The van der Waals surface area contributed by atoms with Gasteiger partial charge in [0.25, 0.3) is 0 Å². The number of esters is 1. The lowest BCUT2D eigenvalue weighted by molar-refractivity contribution is -0.144. The Balaban J connectivity index is 3.39. The molecule has 0 atom stereocenters. The standard InChI is InChI=1S/C5H7BrO3/c1-2-9-5(8)3-4(6)7/h2-3H2,1H3. The van der Waals surface area contributed by atoms with E-state index in [1.54, 1.807) is 6.92 Å². The van der Waals surface area contributed by atoms with Crippen LogP contribution in [0.5, 0.6) is 0 Å². The zero-order chi connectivity index (χ0) is 7.28. The number of ether oxygens (including phenoxy) is 1. The Morgan fingerprint density at radius 2 is 2.11 bits per heavy atom. The quantitative estimate of drug-likeness (QED) is 0.381. The van der Waals surface area contributed by atoms with Crippen LogP contribution in [0.15, 0.2) is 0 Å². The zero-order valence-corrected chi connectivity index (χ0v) is 6.60. The third-order valence-corrected chi connectivity index (χ3v) is 0.869. The maximum Gasteiger partial charge on any atom is 0.314 e. The van der Waals surface area contributed by atoms with E-state index in [1.165, 1.54) is 0 Å². The fourth-order valence-corrected chi connectivity index (χ4v) is 0.554. The van der Waals surface area contributed by atoms with E-state index in [4.69, 9.17) is 0 Å². The van der Waals surface area contributed by atoms with Crippen molar-refractivity contribution in [2.45, 2.75) is 13.3 Å². The summed E-state index contributed by atoms with van der Waals surface area (Å²) < 4.78 is 4.12. The van der Waals surface area contributed by atoms with Gasteiger partial charge in [-0.1, -0.05) is 0 Å². The Kier molecular flexibility index (Phi) is 4.30. The monoisotopic (exact) mass is 194 g/mol. The molecule has 0 bridgehead atoms. The van der Waals surface area contributed by atoms with E-state index in [2.05, 4.69) is 20.7 Å². The summed E-state index contributed by atoms with van der Waals surface area (Å²) >= 11 is 2.61. The third-order valence-electron chi connectivity index (χ3n) is 0.589. The van der Waals surface area contributed by atoms with Crippen LogP contribution in [0.4, 0.5) is 0 Å². The topological polar surface area (TPSA) is 43.4 Å². The van der Waals surface area contributed by atoms with Gasteiger partial charge in [-0.05, 0) is 22.9 Å². The second-order valence-corrected chi connectivity index (χ2v) is 2.22. The van der Waals surface area contributed by atoms with Gasteiger partial charge in [0.1, 0.15) is 6.42 Å². The Bertz CT molecular complexity index is 121. The highest BCUT2D eigenvalue weighted by Gasteiger charge is 2.04. The first-order valence-electron chi connectivity index (χ1n) is 2.50. The molecule has 0 N–H and O–H groups in total. The molecule has 0 aromatic heterocycles. The van der Waals surface area contributed by atoms with Crippen LogP contribution in [0, 0.1) is 0 Å². The minimum atomic E-state index is -0.487. The molecule has 0 amide bonds. The third kappa shape index (κ3) is 5.49. The van der Waals surface area contributed by atoms with Crippen molar-refractivity contribution in [3.05, 3.63) is 0 Å². The normalized spacial score (nSPS) is 8.67. The van der Waals surface area contributed by atoms with Gasteiger partial charge in [0.05, 0.1) is 6.61 Å². The number of halogens is 1. The minimum Gasteiger partial charge on any atom is -0.466 e. The zero-order valence-electron chi connectivity index (χ0n) is 5.02. The number of hydrogen-bond acceptors (Lipinski definition) is 3. The molecule has 0 unspecified atom stereocenters. The highest BCUT2D eigenvalue weighted by atomic mass is 79.9. The first-order chi connectivity index (χ1) is 4.16. The van der Waals surface area contributed by atoms with Crippen molar-refractivity contribution in [3.8, 4) is 0 Å². The molecular weight excluding hydrogens is 188 g/mol. The van der Waals surface area contributed by atoms with Gasteiger partial charge in [0, 0.05) is 0 Å². The fourth-order valence-electron chi connectivity index (χ4n) is 0.325. The van der Waals surface area contributed by atoms with Gasteiger partial charge in [0.2, 0.25) is 4.69 Å². The average Bonchev–Trinajstić information content (AvgIpc) is 1.63. The van der Waals surface area contributed by atoms with Crippen molar-refractivity contribution in [1.82, 2.24) is 0 Å². The number of carbonyl (C=O) groups excluding carboxylic acids is 2. The van der Waals surface area contributed by atoms with Crippen molar-refractivity contribution in [1.29, 1.82) is 0 Å². The van der Waals surface area contributed by atoms with Crippen LogP contribution in [0.2, 0.25) is 0 Å². The molecule has 0 saturated heterocycles. The van der Waals surface area contributed by atoms with Crippen molar-refractivity contribution in [2.24, 2.45) is 0 Å². The molecule has 52 valence electrons. The highest BCUT2D eigenvalue weighted by molar-refractivity contribution is 9.18. The van der Waals surface area contributed by atoms with Crippen LogP contribution in [0.25, 0.3) is 0 Å². The molecule has 0 fully saturated rings. The van der Waals surface area contributed by atoms with Crippen molar-refractivity contribution in [2.75, 3.05) is 6.61 Å². The molecule has 0 aliphatic rings.